The van der Waals surface area contributed by atoms with Crippen molar-refractivity contribution in [3.8, 4) is 17.6 Å². The zero-order chi connectivity index (χ0) is 25.4. The number of amides is 1. The minimum atomic E-state index is -3.96. The Hall–Kier alpha value is -3.97. The fourth-order valence-electron chi connectivity index (χ4n) is 2.75. The molecule has 3 N–H and O–H groups in total. The second kappa shape index (κ2) is 11.4. The lowest BCUT2D eigenvalue weighted by Crippen LogP contribution is -2.37. The standard InChI is InChI=1S/C22H23N5O6S2/c1-14-5-4-6-16(11-14)33-13-19(28)25-22(34)23-15-7-9-17(10-8-15)35(29,30)27-18-12-20(31-2)26-21(24-18)32-3/h4-12H,13H2,1-3H3,(H,24,26,27)(H2,23,25,28,34). The van der Waals surface area contributed by atoms with Gasteiger partial charge in [0.25, 0.3) is 15.9 Å². The Morgan fingerprint density at radius 3 is 2.43 bits per heavy atom. The van der Waals surface area contributed by atoms with E-state index in [1.54, 1.807) is 6.07 Å². The molecule has 184 valence electrons. The number of hydrogen-bond donors (Lipinski definition) is 3. The number of nitrogens with zero attached hydrogens (tertiary/aromatic N) is 2. The molecule has 0 radical (unpaired) electrons. The van der Waals surface area contributed by atoms with E-state index in [0.29, 0.717) is 11.4 Å². The van der Waals surface area contributed by atoms with Crippen LogP contribution in [0.3, 0.4) is 0 Å². The molecule has 0 unspecified atom stereocenters. The van der Waals surface area contributed by atoms with Gasteiger partial charge in [-0.25, -0.2) is 8.42 Å². The lowest BCUT2D eigenvalue weighted by Gasteiger charge is -2.12. The fourth-order valence-corrected chi connectivity index (χ4v) is 3.97. The molecule has 2 aromatic carbocycles. The van der Waals surface area contributed by atoms with E-state index in [-0.39, 0.29) is 34.3 Å². The van der Waals surface area contributed by atoms with Crippen LogP contribution in [0.4, 0.5) is 11.5 Å². The van der Waals surface area contributed by atoms with Crippen LogP contribution in [0, 0.1) is 6.92 Å². The van der Waals surface area contributed by atoms with Crippen molar-refractivity contribution in [2.45, 2.75) is 11.8 Å². The predicted octanol–water partition coefficient (Wildman–Crippen LogP) is 2.50. The molecule has 1 amide bonds. The predicted molar refractivity (Wildman–Crippen MR) is 133 cm³/mol. The van der Waals surface area contributed by atoms with E-state index < -0.39 is 15.9 Å². The number of ether oxygens (including phenoxy) is 3. The van der Waals surface area contributed by atoms with Crippen molar-refractivity contribution in [3.63, 3.8) is 0 Å². The Morgan fingerprint density at radius 2 is 1.77 bits per heavy atom. The molecule has 1 heterocycles. The zero-order valence-corrected chi connectivity index (χ0v) is 20.7. The first-order valence-corrected chi connectivity index (χ1v) is 12.0. The van der Waals surface area contributed by atoms with E-state index in [1.165, 1.54) is 44.6 Å². The van der Waals surface area contributed by atoms with Gasteiger partial charge < -0.3 is 19.5 Å². The minimum Gasteiger partial charge on any atom is -0.484 e. The van der Waals surface area contributed by atoms with Crippen molar-refractivity contribution < 1.29 is 27.4 Å². The van der Waals surface area contributed by atoms with Crippen LogP contribution < -0.4 is 29.6 Å². The average molecular weight is 518 g/mol. The van der Waals surface area contributed by atoms with Gasteiger partial charge in [0.1, 0.15) is 5.75 Å². The van der Waals surface area contributed by atoms with Crippen molar-refractivity contribution in [2.24, 2.45) is 0 Å². The first-order valence-electron chi connectivity index (χ1n) is 10.1. The van der Waals surface area contributed by atoms with Crippen LogP contribution in [0.1, 0.15) is 5.56 Å². The van der Waals surface area contributed by atoms with Crippen LogP contribution in [0.5, 0.6) is 17.6 Å². The van der Waals surface area contributed by atoms with Crippen molar-refractivity contribution >= 4 is 44.8 Å². The number of aryl methyl sites for hydroxylation is 1. The first-order chi connectivity index (χ1) is 16.7. The number of sulfonamides is 1. The smallest absolute Gasteiger partial charge is 0.321 e. The fraction of sp³-hybridized carbons (Fsp3) is 0.182. The summed E-state index contributed by atoms with van der Waals surface area (Å²) in [6, 6.07) is 14.3. The van der Waals surface area contributed by atoms with Crippen molar-refractivity contribution in [1.82, 2.24) is 15.3 Å². The second-order valence-electron chi connectivity index (χ2n) is 7.02. The molecule has 0 saturated carbocycles. The second-order valence-corrected chi connectivity index (χ2v) is 9.11. The highest BCUT2D eigenvalue weighted by molar-refractivity contribution is 7.92. The summed E-state index contributed by atoms with van der Waals surface area (Å²) < 4.78 is 43.2. The van der Waals surface area contributed by atoms with Gasteiger partial charge in [-0.3, -0.25) is 14.8 Å². The molecule has 0 saturated heterocycles. The third-order valence-electron chi connectivity index (χ3n) is 4.35. The number of methoxy groups -OCH3 is 2. The molecule has 0 aliphatic carbocycles. The molecule has 13 heteroatoms. The van der Waals surface area contributed by atoms with Gasteiger partial charge in [0, 0.05) is 11.8 Å². The van der Waals surface area contributed by atoms with Crippen LogP contribution in [0.15, 0.2) is 59.5 Å². The van der Waals surface area contributed by atoms with Crippen molar-refractivity contribution in [2.75, 3.05) is 30.9 Å². The van der Waals surface area contributed by atoms with Gasteiger partial charge in [-0.15, -0.1) is 0 Å². The molecule has 0 aliphatic rings. The van der Waals surface area contributed by atoms with Crippen LogP contribution in [0.2, 0.25) is 0 Å². The van der Waals surface area contributed by atoms with Gasteiger partial charge in [-0.2, -0.15) is 9.97 Å². The largest absolute Gasteiger partial charge is 0.484 e. The van der Waals surface area contributed by atoms with E-state index >= 15 is 0 Å². The van der Waals surface area contributed by atoms with E-state index in [1.807, 2.05) is 25.1 Å². The molecule has 0 aliphatic heterocycles. The summed E-state index contributed by atoms with van der Waals surface area (Å²) >= 11 is 5.14. The van der Waals surface area contributed by atoms with E-state index in [0.717, 1.165) is 5.56 Å². The molecule has 0 fully saturated rings. The van der Waals surface area contributed by atoms with Gasteiger partial charge in [-0.1, -0.05) is 12.1 Å². The highest BCUT2D eigenvalue weighted by atomic mass is 32.2. The normalized spacial score (nSPS) is 10.7. The maximum Gasteiger partial charge on any atom is 0.321 e. The number of carbonyl (C=O) groups excluding carboxylic acids is 1. The van der Waals surface area contributed by atoms with Gasteiger partial charge in [-0.05, 0) is 61.1 Å². The molecule has 11 nitrogen and oxygen atoms in total. The monoisotopic (exact) mass is 517 g/mol. The van der Waals surface area contributed by atoms with Crippen LogP contribution >= 0.6 is 12.2 Å². The number of hydrogen-bond acceptors (Lipinski definition) is 9. The van der Waals surface area contributed by atoms with Crippen molar-refractivity contribution in [3.05, 3.63) is 60.2 Å². The third-order valence-corrected chi connectivity index (χ3v) is 5.92. The number of anilines is 2. The van der Waals surface area contributed by atoms with Crippen LogP contribution in [0.25, 0.3) is 0 Å². The van der Waals surface area contributed by atoms with E-state index in [4.69, 9.17) is 26.4 Å². The number of rotatable bonds is 9. The number of aromatic nitrogens is 2. The maximum atomic E-state index is 12.7. The van der Waals surface area contributed by atoms with Gasteiger partial charge >= 0.3 is 6.01 Å². The summed E-state index contributed by atoms with van der Waals surface area (Å²) in [6.45, 7) is 1.70. The topological polar surface area (TPSA) is 141 Å². The molecule has 0 atom stereocenters. The SMILES string of the molecule is COc1cc(NS(=O)(=O)c2ccc(NC(=S)NC(=O)COc3cccc(C)c3)cc2)nc(OC)n1. The summed E-state index contributed by atoms with van der Waals surface area (Å²) in [4.78, 5) is 19.9. The number of nitrogens with one attached hydrogen (secondary N) is 3. The number of carbonyl (C=O) groups is 1. The molecule has 1 aromatic heterocycles. The van der Waals surface area contributed by atoms with E-state index in [2.05, 4.69) is 25.3 Å². The number of benzene rings is 2. The van der Waals surface area contributed by atoms with E-state index in [9.17, 15) is 13.2 Å². The Morgan fingerprint density at radius 1 is 1.03 bits per heavy atom. The van der Waals surface area contributed by atoms with Gasteiger partial charge in [0.05, 0.1) is 19.1 Å². The van der Waals surface area contributed by atoms with Gasteiger partial charge in [0.15, 0.2) is 17.5 Å². The molecule has 0 spiro atoms. The average Bonchev–Trinajstić information content (AvgIpc) is 2.82. The number of thiocarbonyl (C=S) groups is 1. The Balaban J connectivity index is 1.57. The Labute approximate surface area is 207 Å². The van der Waals surface area contributed by atoms with Crippen LogP contribution in [-0.2, 0) is 14.8 Å². The zero-order valence-electron chi connectivity index (χ0n) is 19.1. The van der Waals surface area contributed by atoms with Crippen LogP contribution in [-0.4, -0.2) is 50.2 Å². The maximum absolute atomic E-state index is 12.7. The molecular weight excluding hydrogens is 494 g/mol. The summed E-state index contributed by atoms with van der Waals surface area (Å²) in [5, 5.41) is 5.35. The lowest BCUT2D eigenvalue weighted by molar-refractivity contribution is -0.121. The molecule has 3 rings (SSSR count). The summed E-state index contributed by atoms with van der Waals surface area (Å²) in [5.74, 6) is 0.244. The quantitative estimate of drug-likeness (QED) is 0.363. The molecular formula is C22H23N5O6S2. The lowest BCUT2D eigenvalue weighted by atomic mass is 10.2. The Kier molecular flexibility index (Phi) is 8.39. The summed E-state index contributed by atoms with van der Waals surface area (Å²) in [5.41, 5.74) is 1.48. The summed E-state index contributed by atoms with van der Waals surface area (Å²) in [7, 11) is -1.23. The highest BCUT2D eigenvalue weighted by Gasteiger charge is 2.17. The minimum absolute atomic E-state index is 0.0207. The molecule has 0 bridgehead atoms. The summed E-state index contributed by atoms with van der Waals surface area (Å²) in [6.07, 6.45) is 0. The third kappa shape index (κ3) is 7.52. The Bertz CT molecular complexity index is 1290. The first kappa shape index (κ1) is 25.6. The molecule has 35 heavy (non-hydrogen) atoms. The van der Waals surface area contributed by atoms with Crippen molar-refractivity contribution in [1.29, 1.82) is 0 Å². The highest BCUT2D eigenvalue weighted by Crippen LogP contribution is 2.21. The van der Waals surface area contributed by atoms with Gasteiger partial charge in [0.2, 0.25) is 5.88 Å². The molecule has 3 aromatic rings.